The number of piperidine rings is 1. The zero-order chi connectivity index (χ0) is 19.4. The van der Waals surface area contributed by atoms with Crippen LogP contribution in [0.5, 0.6) is 0 Å². The van der Waals surface area contributed by atoms with Crippen LogP contribution in [0.25, 0.3) is 0 Å². The third-order valence-electron chi connectivity index (χ3n) is 5.14. The number of carbonyl (C=O) groups excluding carboxylic acids is 1. The topological polar surface area (TPSA) is 93.0 Å². The van der Waals surface area contributed by atoms with E-state index in [9.17, 15) is 9.59 Å². The average Bonchev–Trinajstić information content (AvgIpc) is 2.68. The Morgan fingerprint density at radius 1 is 1.19 bits per heavy atom. The van der Waals surface area contributed by atoms with Gasteiger partial charge in [0.25, 0.3) is 5.56 Å². The first-order valence-corrected chi connectivity index (χ1v) is 9.31. The Morgan fingerprint density at radius 2 is 1.93 bits per heavy atom. The molecule has 0 atom stereocenters. The zero-order valence-corrected chi connectivity index (χ0v) is 16.1. The number of nitrogens with one attached hydrogen (secondary N) is 1. The van der Waals surface area contributed by atoms with Crippen LogP contribution in [0.15, 0.2) is 23.3 Å². The Morgan fingerprint density at radius 3 is 2.59 bits per heavy atom. The van der Waals surface area contributed by atoms with Crippen LogP contribution in [0.1, 0.15) is 29.8 Å². The molecule has 1 fully saturated rings. The van der Waals surface area contributed by atoms with Gasteiger partial charge < -0.3 is 10.2 Å². The van der Waals surface area contributed by atoms with Crippen molar-refractivity contribution in [2.75, 3.05) is 24.5 Å². The Balaban J connectivity index is 1.46. The summed E-state index contributed by atoms with van der Waals surface area (Å²) in [5.41, 5.74) is 2.23. The second-order valence-electron chi connectivity index (χ2n) is 7.04. The van der Waals surface area contributed by atoms with Gasteiger partial charge in [-0.2, -0.15) is 5.10 Å². The van der Waals surface area contributed by atoms with Crippen LogP contribution in [-0.2, 0) is 11.3 Å². The lowest BCUT2D eigenvalue weighted by molar-refractivity contribution is -0.125. The fourth-order valence-corrected chi connectivity index (χ4v) is 3.21. The summed E-state index contributed by atoms with van der Waals surface area (Å²) in [6.07, 6.45) is 3.11. The summed E-state index contributed by atoms with van der Waals surface area (Å²) in [6.45, 7) is 7.93. The van der Waals surface area contributed by atoms with Gasteiger partial charge >= 0.3 is 0 Å². The quantitative estimate of drug-likeness (QED) is 0.844. The lowest BCUT2D eigenvalue weighted by Crippen LogP contribution is -2.42. The molecular weight excluding hydrogens is 344 g/mol. The number of rotatable bonds is 5. The molecule has 27 heavy (non-hydrogen) atoms. The second-order valence-corrected chi connectivity index (χ2v) is 7.04. The summed E-state index contributed by atoms with van der Waals surface area (Å²) in [7, 11) is 0. The summed E-state index contributed by atoms with van der Waals surface area (Å²) in [4.78, 5) is 30.9. The standard InChI is InChI=1S/C19H26N6O2/c1-13-4-5-17(23-22-13)24-9-6-16(7-10-24)18(26)20-8-11-25-12-21-15(3)14(2)19(25)27/h4-5,12,16H,6-11H2,1-3H3,(H,20,26). The largest absolute Gasteiger partial charge is 0.355 e. The van der Waals surface area contributed by atoms with Crippen LogP contribution in [0, 0.1) is 26.7 Å². The van der Waals surface area contributed by atoms with E-state index in [2.05, 4.69) is 25.4 Å². The molecule has 8 heteroatoms. The average molecular weight is 370 g/mol. The van der Waals surface area contributed by atoms with Gasteiger partial charge in [0.15, 0.2) is 5.82 Å². The Kier molecular flexibility index (Phi) is 5.83. The molecule has 0 aromatic carbocycles. The van der Waals surface area contributed by atoms with Crippen LogP contribution in [0.3, 0.4) is 0 Å². The van der Waals surface area contributed by atoms with Crippen molar-refractivity contribution >= 4 is 11.7 Å². The molecule has 3 heterocycles. The minimum atomic E-state index is -0.0516. The van der Waals surface area contributed by atoms with Gasteiger partial charge in [-0.1, -0.05) is 0 Å². The fraction of sp³-hybridized carbons (Fsp3) is 0.526. The van der Waals surface area contributed by atoms with E-state index in [0.717, 1.165) is 43.1 Å². The van der Waals surface area contributed by atoms with E-state index in [0.29, 0.717) is 18.7 Å². The van der Waals surface area contributed by atoms with E-state index in [-0.39, 0.29) is 17.4 Å². The van der Waals surface area contributed by atoms with E-state index in [4.69, 9.17) is 0 Å². The second kappa shape index (κ2) is 8.28. The van der Waals surface area contributed by atoms with Crippen molar-refractivity contribution in [1.82, 2.24) is 25.1 Å². The fourth-order valence-electron chi connectivity index (χ4n) is 3.21. The molecule has 1 amide bonds. The van der Waals surface area contributed by atoms with Crippen molar-refractivity contribution in [3.63, 3.8) is 0 Å². The minimum Gasteiger partial charge on any atom is -0.355 e. The highest BCUT2D eigenvalue weighted by atomic mass is 16.2. The Bertz CT molecular complexity index is 853. The number of aryl methyl sites for hydroxylation is 2. The van der Waals surface area contributed by atoms with Crippen molar-refractivity contribution in [3.05, 3.63) is 45.8 Å². The molecule has 3 rings (SSSR count). The maximum absolute atomic E-state index is 12.4. The van der Waals surface area contributed by atoms with Gasteiger partial charge in [0.1, 0.15) is 0 Å². The number of amides is 1. The maximum atomic E-state index is 12.4. The van der Waals surface area contributed by atoms with Crippen LogP contribution < -0.4 is 15.8 Å². The monoisotopic (exact) mass is 370 g/mol. The molecule has 0 bridgehead atoms. The smallest absolute Gasteiger partial charge is 0.256 e. The molecule has 144 valence electrons. The Labute approximate surface area is 158 Å². The van der Waals surface area contributed by atoms with Crippen molar-refractivity contribution in [2.45, 2.75) is 40.2 Å². The lowest BCUT2D eigenvalue weighted by atomic mass is 9.96. The maximum Gasteiger partial charge on any atom is 0.256 e. The van der Waals surface area contributed by atoms with Gasteiger partial charge in [0.2, 0.25) is 5.91 Å². The number of aromatic nitrogens is 4. The van der Waals surface area contributed by atoms with Crippen LogP contribution in [-0.4, -0.2) is 45.3 Å². The van der Waals surface area contributed by atoms with Crippen molar-refractivity contribution in [2.24, 2.45) is 5.92 Å². The normalized spacial score (nSPS) is 15.0. The van der Waals surface area contributed by atoms with Gasteiger partial charge in [-0.3, -0.25) is 14.2 Å². The molecular formula is C19H26N6O2. The predicted octanol–water partition coefficient (Wildman–Crippen LogP) is 0.991. The SMILES string of the molecule is Cc1ccc(N2CCC(C(=O)NCCn3cnc(C)c(C)c3=O)CC2)nn1. The number of hydrogen-bond acceptors (Lipinski definition) is 6. The molecule has 1 aliphatic heterocycles. The number of hydrogen-bond donors (Lipinski definition) is 1. The number of anilines is 1. The zero-order valence-electron chi connectivity index (χ0n) is 16.1. The molecule has 0 aliphatic carbocycles. The first-order chi connectivity index (χ1) is 13.0. The molecule has 1 N–H and O–H groups in total. The van der Waals surface area contributed by atoms with Crippen LogP contribution >= 0.6 is 0 Å². The molecule has 8 nitrogen and oxygen atoms in total. The summed E-state index contributed by atoms with van der Waals surface area (Å²) >= 11 is 0. The molecule has 1 saturated heterocycles. The highest BCUT2D eigenvalue weighted by Crippen LogP contribution is 2.21. The molecule has 2 aromatic heterocycles. The van der Waals surface area contributed by atoms with Crippen LogP contribution in [0.2, 0.25) is 0 Å². The third kappa shape index (κ3) is 4.50. The first-order valence-electron chi connectivity index (χ1n) is 9.31. The summed E-state index contributed by atoms with van der Waals surface area (Å²) in [5.74, 6) is 0.907. The van der Waals surface area contributed by atoms with E-state index in [1.54, 1.807) is 11.5 Å². The van der Waals surface area contributed by atoms with Gasteiger partial charge in [-0.05, 0) is 45.7 Å². The first kappa shape index (κ1) is 19.0. The molecule has 0 radical (unpaired) electrons. The summed E-state index contributed by atoms with van der Waals surface area (Å²) in [5, 5.41) is 11.3. The van der Waals surface area contributed by atoms with Gasteiger partial charge in [0.05, 0.1) is 12.0 Å². The number of carbonyl (C=O) groups is 1. The molecule has 2 aromatic rings. The van der Waals surface area contributed by atoms with Gasteiger partial charge in [-0.25, -0.2) is 4.98 Å². The molecule has 1 aliphatic rings. The van der Waals surface area contributed by atoms with Crippen molar-refractivity contribution in [1.29, 1.82) is 0 Å². The van der Waals surface area contributed by atoms with E-state index < -0.39 is 0 Å². The summed E-state index contributed by atoms with van der Waals surface area (Å²) in [6, 6.07) is 3.92. The van der Waals surface area contributed by atoms with Gasteiger partial charge in [-0.15, -0.1) is 5.10 Å². The number of nitrogens with zero attached hydrogens (tertiary/aromatic N) is 5. The van der Waals surface area contributed by atoms with Crippen molar-refractivity contribution in [3.8, 4) is 0 Å². The molecule has 0 saturated carbocycles. The minimum absolute atomic E-state index is 0.00532. The molecule has 0 unspecified atom stereocenters. The highest BCUT2D eigenvalue weighted by Gasteiger charge is 2.25. The van der Waals surface area contributed by atoms with E-state index >= 15 is 0 Å². The lowest BCUT2D eigenvalue weighted by Gasteiger charge is -2.31. The summed E-state index contributed by atoms with van der Waals surface area (Å²) < 4.78 is 1.54. The molecule has 0 spiro atoms. The van der Waals surface area contributed by atoms with E-state index in [1.165, 1.54) is 6.33 Å². The van der Waals surface area contributed by atoms with Crippen molar-refractivity contribution < 1.29 is 4.79 Å². The van der Waals surface area contributed by atoms with E-state index in [1.807, 2.05) is 26.0 Å². The third-order valence-corrected chi connectivity index (χ3v) is 5.14. The Hall–Kier alpha value is -2.77. The van der Waals surface area contributed by atoms with Gasteiger partial charge in [0, 0.05) is 43.4 Å². The highest BCUT2D eigenvalue weighted by molar-refractivity contribution is 5.78. The predicted molar refractivity (Wildman–Crippen MR) is 103 cm³/mol. The van der Waals surface area contributed by atoms with Crippen LogP contribution in [0.4, 0.5) is 5.82 Å².